The Bertz CT molecular complexity index is 783. The maximum atomic E-state index is 11.9. The molecule has 2 aromatic rings. The van der Waals surface area contributed by atoms with Gasteiger partial charge in [0.25, 0.3) is 5.91 Å². The van der Waals surface area contributed by atoms with Crippen molar-refractivity contribution in [2.24, 2.45) is 5.73 Å². The number of nitrogens with two attached hydrogens (primary N) is 1. The van der Waals surface area contributed by atoms with Gasteiger partial charge in [-0.2, -0.15) is 5.26 Å². The lowest BCUT2D eigenvalue weighted by atomic mass is 10.0. The molecular formula is C17H18ClN3O2S. The van der Waals surface area contributed by atoms with Crippen LogP contribution in [0.15, 0.2) is 24.3 Å². The number of nitrogens with zero attached hydrogens (tertiary/aromatic N) is 2. The highest BCUT2D eigenvalue weighted by molar-refractivity contribution is 7.18. The zero-order valence-electron chi connectivity index (χ0n) is 13.5. The fraction of sp³-hybridized carbons (Fsp3) is 0.294. The monoisotopic (exact) mass is 363 g/mol. The van der Waals surface area contributed by atoms with E-state index < -0.39 is 5.91 Å². The third kappa shape index (κ3) is 3.70. The van der Waals surface area contributed by atoms with Gasteiger partial charge >= 0.3 is 0 Å². The molecule has 1 aromatic heterocycles. The highest BCUT2D eigenvalue weighted by Gasteiger charge is 2.25. The van der Waals surface area contributed by atoms with Crippen LogP contribution in [0.1, 0.15) is 22.2 Å². The largest absolute Gasteiger partial charge is 0.380 e. The first-order valence-electron chi connectivity index (χ1n) is 7.41. The van der Waals surface area contributed by atoms with Crippen molar-refractivity contribution in [3.05, 3.63) is 39.7 Å². The van der Waals surface area contributed by atoms with Crippen molar-refractivity contribution in [1.82, 2.24) is 0 Å². The molecule has 0 atom stereocenters. The quantitative estimate of drug-likeness (QED) is 0.763. The van der Waals surface area contributed by atoms with Crippen LogP contribution in [-0.4, -0.2) is 32.7 Å². The van der Waals surface area contributed by atoms with Crippen molar-refractivity contribution < 1.29 is 9.53 Å². The maximum Gasteiger partial charge on any atom is 0.259 e. The molecule has 7 heteroatoms. The molecule has 0 unspecified atom stereocenters. The third-order valence-corrected chi connectivity index (χ3v) is 5.14. The first-order valence-corrected chi connectivity index (χ1v) is 8.61. The lowest BCUT2D eigenvalue weighted by molar-refractivity contribution is 0.100. The van der Waals surface area contributed by atoms with E-state index in [9.17, 15) is 10.1 Å². The average molecular weight is 364 g/mol. The fourth-order valence-electron chi connectivity index (χ4n) is 2.33. The molecule has 0 bridgehead atoms. The number of anilines is 1. The highest BCUT2D eigenvalue weighted by atomic mass is 35.5. The molecule has 0 aliphatic rings. The van der Waals surface area contributed by atoms with E-state index in [1.807, 2.05) is 24.9 Å². The summed E-state index contributed by atoms with van der Waals surface area (Å²) in [5.74, 6) is -0.573. The van der Waals surface area contributed by atoms with Crippen LogP contribution in [0.4, 0.5) is 5.00 Å². The summed E-state index contributed by atoms with van der Waals surface area (Å²) in [7, 11) is 1.85. The van der Waals surface area contributed by atoms with Crippen LogP contribution in [0.2, 0.25) is 5.02 Å². The molecule has 126 valence electrons. The minimum absolute atomic E-state index is 0.331. The van der Waals surface area contributed by atoms with Crippen molar-refractivity contribution in [1.29, 1.82) is 5.26 Å². The van der Waals surface area contributed by atoms with Crippen molar-refractivity contribution in [3.8, 4) is 17.2 Å². The first kappa shape index (κ1) is 18.3. The predicted octanol–water partition coefficient (Wildman–Crippen LogP) is 3.51. The molecule has 24 heavy (non-hydrogen) atoms. The number of hydrogen-bond acceptors (Lipinski definition) is 5. The van der Waals surface area contributed by atoms with Crippen LogP contribution >= 0.6 is 22.9 Å². The van der Waals surface area contributed by atoms with E-state index >= 15 is 0 Å². The Balaban J connectivity index is 2.56. The molecule has 0 saturated heterocycles. The van der Waals surface area contributed by atoms with Crippen molar-refractivity contribution in [2.45, 2.75) is 6.92 Å². The standard InChI is InChI=1S/C17H18ClN3O2S/c1-3-23-9-8-21(2)17-12(10-19)14(15(24-17)16(20)22)11-6-4-5-7-13(11)18/h4-7H,3,8-9H2,1-2H3,(H2,20,22). The molecule has 2 N–H and O–H groups in total. The zero-order chi connectivity index (χ0) is 17.7. The Morgan fingerprint density at radius 1 is 1.46 bits per heavy atom. The molecule has 0 aliphatic carbocycles. The number of ether oxygens (including phenoxy) is 1. The summed E-state index contributed by atoms with van der Waals surface area (Å²) in [5, 5.41) is 10.8. The molecule has 0 fully saturated rings. The summed E-state index contributed by atoms with van der Waals surface area (Å²) in [6.45, 7) is 3.68. The van der Waals surface area contributed by atoms with E-state index in [0.29, 0.717) is 51.3 Å². The van der Waals surface area contributed by atoms with E-state index in [0.717, 1.165) is 0 Å². The normalized spacial score (nSPS) is 10.4. The Morgan fingerprint density at radius 2 is 2.17 bits per heavy atom. The zero-order valence-corrected chi connectivity index (χ0v) is 15.1. The third-order valence-electron chi connectivity index (χ3n) is 3.49. The number of carbonyl (C=O) groups excluding carboxylic acids is 1. The van der Waals surface area contributed by atoms with E-state index in [1.165, 1.54) is 11.3 Å². The maximum absolute atomic E-state index is 11.9. The molecule has 0 saturated carbocycles. The first-order chi connectivity index (χ1) is 11.5. The van der Waals surface area contributed by atoms with Crippen LogP contribution in [0.25, 0.3) is 11.1 Å². The molecule has 0 spiro atoms. The lowest BCUT2D eigenvalue weighted by Crippen LogP contribution is -2.22. The van der Waals surface area contributed by atoms with Crippen LogP contribution in [-0.2, 0) is 4.74 Å². The summed E-state index contributed by atoms with van der Waals surface area (Å²) in [6, 6.07) is 9.30. The Hall–Kier alpha value is -2.07. The minimum atomic E-state index is -0.573. The van der Waals surface area contributed by atoms with Gasteiger partial charge in [0.2, 0.25) is 0 Å². The van der Waals surface area contributed by atoms with Gasteiger partial charge in [-0.15, -0.1) is 11.3 Å². The number of hydrogen-bond donors (Lipinski definition) is 1. The summed E-state index contributed by atoms with van der Waals surface area (Å²) >= 11 is 7.47. The number of primary amides is 1. The summed E-state index contributed by atoms with van der Waals surface area (Å²) in [6.07, 6.45) is 0. The van der Waals surface area contributed by atoms with E-state index in [-0.39, 0.29) is 0 Å². The summed E-state index contributed by atoms with van der Waals surface area (Å²) < 4.78 is 5.35. The van der Waals surface area contributed by atoms with Gasteiger partial charge < -0.3 is 15.4 Å². The lowest BCUT2D eigenvalue weighted by Gasteiger charge is -2.17. The minimum Gasteiger partial charge on any atom is -0.380 e. The molecule has 0 aliphatic heterocycles. The van der Waals surface area contributed by atoms with Gasteiger partial charge in [-0.1, -0.05) is 29.8 Å². The molecule has 0 radical (unpaired) electrons. The van der Waals surface area contributed by atoms with E-state index in [2.05, 4.69) is 6.07 Å². The van der Waals surface area contributed by atoms with E-state index in [4.69, 9.17) is 22.1 Å². The Morgan fingerprint density at radius 3 is 2.75 bits per heavy atom. The summed E-state index contributed by atoms with van der Waals surface area (Å²) in [5.41, 5.74) is 7.07. The number of halogens is 1. The summed E-state index contributed by atoms with van der Waals surface area (Å²) in [4.78, 5) is 14.1. The second-order valence-electron chi connectivity index (χ2n) is 5.06. The number of likely N-dealkylation sites (N-methyl/N-ethyl adjacent to an activating group) is 1. The van der Waals surface area contributed by atoms with Crippen molar-refractivity contribution >= 4 is 33.8 Å². The smallest absolute Gasteiger partial charge is 0.259 e. The van der Waals surface area contributed by atoms with Gasteiger partial charge in [-0.3, -0.25) is 4.79 Å². The number of benzene rings is 1. The SMILES string of the molecule is CCOCCN(C)c1sc(C(N)=O)c(-c2ccccc2Cl)c1C#N. The number of amides is 1. The van der Waals surface area contributed by atoms with E-state index in [1.54, 1.807) is 18.2 Å². The van der Waals surface area contributed by atoms with Crippen LogP contribution in [0, 0.1) is 11.3 Å². The Labute approximate surface area is 150 Å². The topological polar surface area (TPSA) is 79.3 Å². The number of nitriles is 1. The average Bonchev–Trinajstić information content (AvgIpc) is 2.95. The predicted molar refractivity (Wildman–Crippen MR) is 97.8 cm³/mol. The van der Waals surface area contributed by atoms with Gasteiger partial charge in [-0.25, -0.2) is 0 Å². The highest BCUT2D eigenvalue weighted by Crippen LogP contribution is 2.43. The molecule has 2 rings (SSSR count). The number of thiophene rings is 1. The molecular weight excluding hydrogens is 346 g/mol. The van der Waals surface area contributed by atoms with Crippen LogP contribution in [0.5, 0.6) is 0 Å². The second-order valence-corrected chi connectivity index (χ2v) is 6.47. The Kier molecular flexibility index (Phi) is 6.21. The van der Waals surface area contributed by atoms with Gasteiger partial charge in [-0.05, 0) is 13.0 Å². The molecule has 5 nitrogen and oxygen atoms in total. The second kappa shape index (κ2) is 8.15. The molecule has 1 aromatic carbocycles. The number of rotatable bonds is 7. The van der Waals surface area contributed by atoms with Gasteiger partial charge in [0.05, 0.1) is 12.2 Å². The molecule has 1 amide bonds. The van der Waals surface area contributed by atoms with Gasteiger partial charge in [0.1, 0.15) is 15.9 Å². The van der Waals surface area contributed by atoms with Crippen LogP contribution in [0.3, 0.4) is 0 Å². The van der Waals surface area contributed by atoms with Gasteiger partial charge in [0, 0.05) is 36.3 Å². The number of carbonyl (C=O) groups is 1. The van der Waals surface area contributed by atoms with Crippen molar-refractivity contribution in [3.63, 3.8) is 0 Å². The van der Waals surface area contributed by atoms with Crippen molar-refractivity contribution in [2.75, 3.05) is 31.7 Å². The molecule has 1 heterocycles. The fourth-order valence-corrected chi connectivity index (χ4v) is 3.67. The van der Waals surface area contributed by atoms with Gasteiger partial charge in [0.15, 0.2) is 0 Å². The van der Waals surface area contributed by atoms with Crippen LogP contribution < -0.4 is 10.6 Å².